The standard InChI is InChI=1S/C18H17NO/c1-12(19-2)18(20)15-10-9-14-8-7-13-5-3-4-6-16(13)17(14)11-15/h3-12,19H,1-2H3/t12-/m1/s1. The first-order valence-electron chi connectivity index (χ1n) is 6.83. The Hall–Kier alpha value is -2.19. The van der Waals surface area contributed by atoms with Gasteiger partial charge in [-0.15, -0.1) is 0 Å². The molecular formula is C18H17NO. The van der Waals surface area contributed by atoms with Crippen molar-refractivity contribution in [1.29, 1.82) is 0 Å². The Morgan fingerprint density at radius 2 is 1.60 bits per heavy atom. The molecule has 0 radical (unpaired) electrons. The number of rotatable bonds is 3. The van der Waals surface area contributed by atoms with Crippen molar-refractivity contribution in [1.82, 2.24) is 5.32 Å². The Morgan fingerprint density at radius 1 is 0.950 bits per heavy atom. The third kappa shape index (κ3) is 2.08. The van der Waals surface area contributed by atoms with Crippen LogP contribution >= 0.6 is 0 Å². The molecule has 3 aromatic carbocycles. The van der Waals surface area contributed by atoms with E-state index in [9.17, 15) is 4.79 Å². The van der Waals surface area contributed by atoms with E-state index in [0.29, 0.717) is 0 Å². The van der Waals surface area contributed by atoms with E-state index in [1.165, 1.54) is 10.8 Å². The predicted octanol–water partition coefficient (Wildman–Crippen LogP) is 3.78. The van der Waals surface area contributed by atoms with E-state index in [1.54, 1.807) is 7.05 Å². The van der Waals surface area contributed by atoms with Crippen molar-refractivity contribution in [3.63, 3.8) is 0 Å². The lowest BCUT2D eigenvalue weighted by atomic mass is 9.97. The quantitative estimate of drug-likeness (QED) is 0.575. The van der Waals surface area contributed by atoms with Gasteiger partial charge >= 0.3 is 0 Å². The van der Waals surface area contributed by atoms with E-state index in [1.807, 2.05) is 37.3 Å². The number of nitrogens with one attached hydrogen (secondary N) is 1. The van der Waals surface area contributed by atoms with Gasteiger partial charge < -0.3 is 5.32 Å². The molecule has 20 heavy (non-hydrogen) atoms. The number of carbonyl (C=O) groups excluding carboxylic acids is 1. The summed E-state index contributed by atoms with van der Waals surface area (Å²) in [6.07, 6.45) is 0. The average Bonchev–Trinajstić information content (AvgIpc) is 2.52. The molecule has 3 aromatic rings. The molecule has 2 nitrogen and oxygen atoms in total. The van der Waals surface area contributed by atoms with Crippen LogP contribution < -0.4 is 5.32 Å². The second-order valence-corrected chi connectivity index (χ2v) is 5.10. The van der Waals surface area contributed by atoms with Gasteiger partial charge in [-0.3, -0.25) is 4.79 Å². The fraction of sp³-hybridized carbons (Fsp3) is 0.167. The molecule has 0 saturated carbocycles. The first-order valence-corrected chi connectivity index (χ1v) is 6.83. The van der Waals surface area contributed by atoms with Crippen LogP contribution in [-0.2, 0) is 0 Å². The number of carbonyl (C=O) groups is 1. The molecule has 0 aromatic heterocycles. The van der Waals surface area contributed by atoms with Crippen molar-refractivity contribution in [2.75, 3.05) is 7.05 Å². The van der Waals surface area contributed by atoms with E-state index in [0.717, 1.165) is 16.3 Å². The molecule has 0 saturated heterocycles. The molecule has 0 fully saturated rings. The van der Waals surface area contributed by atoms with Gasteiger partial charge in [0, 0.05) is 5.56 Å². The summed E-state index contributed by atoms with van der Waals surface area (Å²) in [5.41, 5.74) is 0.760. The SMILES string of the molecule is CN[C@H](C)C(=O)c1ccc2ccc3ccccc3c2c1. The van der Waals surface area contributed by atoms with E-state index >= 15 is 0 Å². The summed E-state index contributed by atoms with van der Waals surface area (Å²) >= 11 is 0. The number of Topliss-reactive ketones (excluding diaryl/α,β-unsaturated/α-hetero) is 1. The molecule has 0 bridgehead atoms. The number of hydrogen-bond donors (Lipinski definition) is 1. The molecule has 1 N–H and O–H groups in total. The van der Waals surface area contributed by atoms with Crippen LogP contribution in [0.1, 0.15) is 17.3 Å². The molecular weight excluding hydrogens is 246 g/mol. The van der Waals surface area contributed by atoms with Gasteiger partial charge in [-0.05, 0) is 41.6 Å². The minimum Gasteiger partial charge on any atom is -0.310 e. The third-order valence-electron chi connectivity index (χ3n) is 3.86. The molecule has 0 spiro atoms. The van der Waals surface area contributed by atoms with Crippen LogP contribution in [0.5, 0.6) is 0 Å². The zero-order valence-electron chi connectivity index (χ0n) is 11.7. The van der Waals surface area contributed by atoms with Crippen LogP contribution in [0, 0.1) is 0 Å². The molecule has 1 atom stereocenters. The average molecular weight is 263 g/mol. The number of hydrogen-bond acceptors (Lipinski definition) is 2. The molecule has 0 aliphatic heterocycles. The van der Waals surface area contributed by atoms with Crippen molar-refractivity contribution < 1.29 is 4.79 Å². The Morgan fingerprint density at radius 3 is 2.35 bits per heavy atom. The second kappa shape index (κ2) is 5.06. The number of likely N-dealkylation sites (N-methyl/N-ethyl adjacent to an activating group) is 1. The zero-order valence-corrected chi connectivity index (χ0v) is 11.7. The van der Waals surface area contributed by atoms with E-state index < -0.39 is 0 Å². The van der Waals surface area contributed by atoms with Gasteiger partial charge in [0.05, 0.1) is 6.04 Å². The topological polar surface area (TPSA) is 29.1 Å². The molecule has 0 aliphatic rings. The van der Waals surface area contributed by atoms with Crippen molar-refractivity contribution in [3.8, 4) is 0 Å². The lowest BCUT2D eigenvalue weighted by Gasteiger charge is -2.10. The molecule has 0 heterocycles. The molecule has 0 aliphatic carbocycles. The molecule has 0 amide bonds. The third-order valence-corrected chi connectivity index (χ3v) is 3.86. The van der Waals surface area contributed by atoms with Gasteiger partial charge in [0.25, 0.3) is 0 Å². The Labute approximate surface area is 118 Å². The van der Waals surface area contributed by atoms with E-state index in [2.05, 4.69) is 29.6 Å². The number of fused-ring (bicyclic) bond motifs is 3. The van der Waals surface area contributed by atoms with Crippen molar-refractivity contribution in [2.45, 2.75) is 13.0 Å². The minimum atomic E-state index is -0.164. The Balaban J connectivity index is 2.23. The van der Waals surface area contributed by atoms with Gasteiger partial charge in [0.2, 0.25) is 0 Å². The maximum absolute atomic E-state index is 12.3. The monoisotopic (exact) mass is 263 g/mol. The molecule has 2 heteroatoms. The molecule has 3 rings (SSSR count). The summed E-state index contributed by atoms with van der Waals surface area (Å²) in [5.74, 6) is 0.127. The smallest absolute Gasteiger partial charge is 0.179 e. The fourth-order valence-electron chi connectivity index (χ4n) is 2.54. The van der Waals surface area contributed by atoms with Crippen LogP contribution in [0.2, 0.25) is 0 Å². The predicted molar refractivity (Wildman–Crippen MR) is 84.3 cm³/mol. The first kappa shape index (κ1) is 12.8. The Bertz CT molecular complexity index is 792. The Kier molecular flexibility index (Phi) is 3.25. The summed E-state index contributed by atoms with van der Waals surface area (Å²) in [6.45, 7) is 1.88. The first-order chi connectivity index (χ1) is 9.70. The normalized spacial score (nSPS) is 12.7. The van der Waals surface area contributed by atoms with Gasteiger partial charge in [0.1, 0.15) is 0 Å². The van der Waals surface area contributed by atoms with Gasteiger partial charge in [-0.25, -0.2) is 0 Å². The van der Waals surface area contributed by atoms with Crippen molar-refractivity contribution in [2.24, 2.45) is 0 Å². The number of ketones is 1. The van der Waals surface area contributed by atoms with Gasteiger partial charge in [0.15, 0.2) is 5.78 Å². The summed E-state index contributed by atoms with van der Waals surface area (Å²) < 4.78 is 0. The highest BCUT2D eigenvalue weighted by molar-refractivity contribution is 6.11. The van der Waals surface area contributed by atoms with Crippen LogP contribution in [0.4, 0.5) is 0 Å². The largest absolute Gasteiger partial charge is 0.310 e. The summed E-state index contributed by atoms with van der Waals surface area (Å²) in [5, 5.41) is 7.69. The van der Waals surface area contributed by atoms with Crippen molar-refractivity contribution >= 4 is 27.3 Å². The second-order valence-electron chi connectivity index (χ2n) is 5.10. The van der Waals surface area contributed by atoms with Gasteiger partial charge in [-0.2, -0.15) is 0 Å². The van der Waals surface area contributed by atoms with Crippen LogP contribution in [-0.4, -0.2) is 18.9 Å². The minimum absolute atomic E-state index is 0.127. The highest BCUT2D eigenvalue weighted by Crippen LogP contribution is 2.26. The molecule has 0 unspecified atom stereocenters. The summed E-state index contributed by atoms with van der Waals surface area (Å²) in [4.78, 5) is 12.3. The lowest BCUT2D eigenvalue weighted by molar-refractivity contribution is 0.0955. The highest BCUT2D eigenvalue weighted by atomic mass is 16.1. The van der Waals surface area contributed by atoms with Crippen LogP contribution in [0.3, 0.4) is 0 Å². The maximum atomic E-state index is 12.3. The highest BCUT2D eigenvalue weighted by Gasteiger charge is 2.13. The maximum Gasteiger partial charge on any atom is 0.179 e. The van der Waals surface area contributed by atoms with E-state index in [-0.39, 0.29) is 11.8 Å². The summed E-state index contributed by atoms with van der Waals surface area (Å²) in [7, 11) is 1.80. The van der Waals surface area contributed by atoms with Crippen LogP contribution in [0.25, 0.3) is 21.5 Å². The zero-order chi connectivity index (χ0) is 14.1. The van der Waals surface area contributed by atoms with E-state index in [4.69, 9.17) is 0 Å². The lowest BCUT2D eigenvalue weighted by Crippen LogP contribution is -2.30. The number of benzene rings is 3. The molecule has 100 valence electrons. The van der Waals surface area contributed by atoms with Gasteiger partial charge in [-0.1, -0.05) is 48.5 Å². The summed E-state index contributed by atoms with van der Waals surface area (Å²) in [6, 6.07) is 18.3. The van der Waals surface area contributed by atoms with Crippen molar-refractivity contribution in [3.05, 3.63) is 60.2 Å². The fourth-order valence-corrected chi connectivity index (χ4v) is 2.54. The van der Waals surface area contributed by atoms with Crippen LogP contribution in [0.15, 0.2) is 54.6 Å².